The van der Waals surface area contributed by atoms with Crippen molar-refractivity contribution in [1.82, 2.24) is 20.4 Å². The molecule has 0 spiro atoms. The van der Waals surface area contributed by atoms with E-state index in [1.54, 1.807) is 33.1 Å². The Bertz CT molecular complexity index is 626. The predicted molar refractivity (Wildman–Crippen MR) is 75.5 cm³/mol. The molecule has 0 aliphatic rings. The van der Waals surface area contributed by atoms with Crippen molar-refractivity contribution in [1.29, 1.82) is 0 Å². The minimum Gasteiger partial charge on any atom is -0.383 e. The van der Waals surface area contributed by atoms with Crippen molar-refractivity contribution in [2.75, 3.05) is 25.6 Å². The van der Waals surface area contributed by atoms with E-state index in [9.17, 15) is 4.79 Å². The fourth-order valence-electron chi connectivity index (χ4n) is 1.66. The van der Waals surface area contributed by atoms with Crippen LogP contribution in [0.4, 0.5) is 11.6 Å². The number of hydrogen-bond donors (Lipinski definition) is 2. The van der Waals surface area contributed by atoms with E-state index in [1.165, 1.54) is 0 Å². The Morgan fingerprint density at radius 2 is 2.10 bits per heavy atom. The van der Waals surface area contributed by atoms with E-state index in [1.807, 2.05) is 0 Å². The largest absolute Gasteiger partial charge is 0.383 e. The molecule has 8 heteroatoms. The van der Waals surface area contributed by atoms with Gasteiger partial charge in [-0.2, -0.15) is 0 Å². The van der Waals surface area contributed by atoms with E-state index in [0.29, 0.717) is 36.4 Å². The molecular weight excluding hydrogens is 274 g/mol. The summed E-state index contributed by atoms with van der Waals surface area (Å²) in [6.45, 7) is 4.37. The predicted octanol–water partition coefficient (Wildman–Crippen LogP) is 1.20. The highest BCUT2D eigenvalue weighted by atomic mass is 16.5. The zero-order valence-corrected chi connectivity index (χ0v) is 12.1. The molecule has 2 rings (SSSR count). The summed E-state index contributed by atoms with van der Waals surface area (Å²) in [6.07, 6.45) is 0. The highest BCUT2D eigenvalue weighted by Gasteiger charge is 2.11. The first-order valence-electron chi connectivity index (χ1n) is 6.41. The quantitative estimate of drug-likeness (QED) is 0.771. The minimum atomic E-state index is -0.281. The lowest BCUT2D eigenvalue weighted by Gasteiger charge is -2.07. The van der Waals surface area contributed by atoms with Gasteiger partial charge in [0.15, 0.2) is 5.82 Å². The summed E-state index contributed by atoms with van der Waals surface area (Å²) in [4.78, 5) is 20.3. The van der Waals surface area contributed by atoms with E-state index >= 15 is 0 Å². The first-order valence-corrected chi connectivity index (χ1v) is 6.41. The molecule has 0 radical (unpaired) electrons. The van der Waals surface area contributed by atoms with E-state index in [2.05, 4.69) is 25.8 Å². The van der Waals surface area contributed by atoms with Crippen LogP contribution in [0.5, 0.6) is 0 Å². The molecule has 0 fully saturated rings. The Morgan fingerprint density at radius 1 is 1.29 bits per heavy atom. The third-order valence-electron chi connectivity index (χ3n) is 2.55. The summed E-state index contributed by atoms with van der Waals surface area (Å²) in [7, 11) is 1.57. The Hall–Kier alpha value is -2.48. The number of ether oxygens (including phenoxy) is 1. The number of rotatable bonds is 6. The molecule has 0 aliphatic heterocycles. The van der Waals surface area contributed by atoms with Crippen molar-refractivity contribution in [3.8, 4) is 0 Å². The van der Waals surface area contributed by atoms with Gasteiger partial charge in [-0.15, -0.1) is 0 Å². The molecule has 0 saturated heterocycles. The average Bonchev–Trinajstić information content (AvgIpc) is 2.83. The summed E-state index contributed by atoms with van der Waals surface area (Å²) >= 11 is 0. The third-order valence-corrected chi connectivity index (χ3v) is 2.55. The van der Waals surface area contributed by atoms with Gasteiger partial charge in [-0.1, -0.05) is 5.16 Å². The molecule has 112 valence electrons. The van der Waals surface area contributed by atoms with E-state index in [0.717, 1.165) is 0 Å². The molecule has 21 heavy (non-hydrogen) atoms. The first kappa shape index (κ1) is 14.9. The number of nitrogens with zero attached hydrogens (tertiary/aromatic N) is 3. The lowest BCUT2D eigenvalue weighted by atomic mass is 10.3. The summed E-state index contributed by atoms with van der Waals surface area (Å²) in [5, 5.41) is 9.49. The highest BCUT2D eigenvalue weighted by molar-refractivity contribution is 5.93. The molecule has 2 heterocycles. The molecule has 0 unspecified atom stereocenters. The molecule has 8 nitrogen and oxygen atoms in total. The first-order chi connectivity index (χ1) is 10.1. The van der Waals surface area contributed by atoms with Gasteiger partial charge in [-0.3, -0.25) is 4.79 Å². The van der Waals surface area contributed by atoms with Crippen molar-refractivity contribution >= 4 is 17.5 Å². The number of amides is 1. The molecule has 0 atom stereocenters. The van der Waals surface area contributed by atoms with Gasteiger partial charge in [0.2, 0.25) is 0 Å². The zero-order valence-electron chi connectivity index (χ0n) is 12.1. The summed E-state index contributed by atoms with van der Waals surface area (Å²) in [5.74, 6) is 1.89. The van der Waals surface area contributed by atoms with Crippen molar-refractivity contribution in [2.45, 2.75) is 13.8 Å². The van der Waals surface area contributed by atoms with Gasteiger partial charge in [0.1, 0.15) is 23.1 Å². The fraction of sp³-hybridized carbons (Fsp3) is 0.385. The molecule has 2 aromatic heterocycles. The number of carbonyl (C=O) groups is 1. The summed E-state index contributed by atoms with van der Waals surface area (Å²) < 4.78 is 9.84. The van der Waals surface area contributed by atoms with Gasteiger partial charge in [0, 0.05) is 25.8 Å². The number of methoxy groups -OCH3 is 1. The monoisotopic (exact) mass is 291 g/mol. The van der Waals surface area contributed by atoms with Gasteiger partial charge >= 0.3 is 0 Å². The SMILES string of the molecule is COCCNC(=O)c1cc(Nc2cc(C)on2)nc(C)n1. The minimum absolute atomic E-state index is 0.279. The second kappa shape index (κ2) is 6.80. The topological polar surface area (TPSA) is 102 Å². The summed E-state index contributed by atoms with van der Waals surface area (Å²) in [5.41, 5.74) is 0.279. The van der Waals surface area contributed by atoms with Gasteiger partial charge in [-0.25, -0.2) is 9.97 Å². The van der Waals surface area contributed by atoms with Crippen molar-refractivity contribution in [3.05, 3.63) is 29.4 Å². The normalized spacial score (nSPS) is 10.4. The van der Waals surface area contributed by atoms with Crippen molar-refractivity contribution in [3.63, 3.8) is 0 Å². The zero-order chi connectivity index (χ0) is 15.2. The Morgan fingerprint density at radius 3 is 2.76 bits per heavy atom. The third kappa shape index (κ3) is 4.25. The van der Waals surface area contributed by atoms with Crippen LogP contribution in [0.2, 0.25) is 0 Å². The standard InChI is InChI=1S/C13H17N5O3/c1-8-6-12(18-21-8)17-11-7-10(15-9(2)16-11)13(19)14-4-5-20-3/h6-7H,4-5H2,1-3H3,(H,14,19)(H,15,16,17,18). The van der Waals surface area contributed by atoms with Crippen LogP contribution in [-0.2, 0) is 4.74 Å². The molecular formula is C13H17N5O3. The highest BCUT2D eigenvalue weighted by Crippen LogP contribution is 2.15. The summed E-state index contributed by atoms with van der Waals surface area (Å²) in [6, 6.07) is 3.29. The number of carbonyl (C=O) groups excluding carboxylic acids is 1. The fourth-order valence-corrected chi connectivity index (χ4v) is 1.66. The Kier molecular flexibility index (Phi) is 4.83. The van der Waals surface area contributed by atoms with Gasteiger partial charge in [0.25, 0.3) is 5.91 Å². The number of aryl methyl sites for hydroxylation is 2. The molecule has 0 saturated carbocycles. The average molecular weight is 291 g/mol. The van der Waals surface area contributed by atoms with Crippen LogP contribution in [0.3, 0.4) is 0 Å². The maximum Gasteiger partial charge on any atom is 0.270 e. The van der Waals surface area contributed by atoms with Gasteiger partial charge in [0.05, 0.1) is 6.61 Å². The Balaban J connectivity index is 2.11. The lowest BCUT2D eigenvalue weighted by molar-refractivity contribution is 0.0932. The molecule has 0 bridgehead atoms. The van der Waals surface area contributed by atoms with E-state index in [-0.39, 0.29) is 11.6 Å². The number of anilines is 2. The van der Waals surface area contributed by atoms with Crippen LogP contribution in [0, 0.1) is 13.8 Å². The van der Waals surface area contributed by atoms with Gasteiger partial charge in [-0.05, 0) is 13.8 Å². The number of hydrogen-bond acceptors (Lipinski definition) is 7. The van der Waals surface area contributed by atoms with Gasteiger partial charge < -0.3 is 19.9 Å². The number of nitrogens with one attached hydrogen (secondary N) is 2. The Labute approximate surface area is 121 Å². The molecule has 0 aromatic carbocycles. The molecule has 2 N–H and O–H groups in total. The maximum absolute atomic E-state index is 12.0. The van der Waals surface area contributed by atoms with Crippen LogP contribution < -0.4 is 10.6 Å². The van der Waals surface area contributed by atoms with Crippen LogP contribution >= 0.6 is 0 Å². The van der Waals surface area contributed by atoms with Crippen molar-refractivity contribution in [2.24, 2.45) is 0 Å². The van der Waals surface area contributed by atoms with E-state index in [4.69, 9.17) is 9.26 Å². The van der Waals surface area contributed by atoms with Crippen LogP contribution in [0.1, 0.15) is 22.1 Å². The lowest BCUT2D eigenvalue weighted by Crippen LogP contribution is -2.28. The van der Waals surface area contributed by atoms with Crippen molar-refractivity contribution < 1.29 is 14.1 Å². The molecule has 2 aromatic rings. The second-order valence-corrected chi connectivity index (χ2v) is 4.38. The van der Waals surface area contributed by atoms with Crippen LogP contribution in [-0.4, -0.2) is 41.3 Å². The molecule has 1 amide bonds. The second-order valence-electron chi connectivity index (χ2n) is 4.38. The number of aromatic nitrogens is 3. The maximum atomic E-state index is 12.0. The van der Waals surface area contributed by atoms with E-state index < -0.39 is 0 Å². The molecule has 0 aliphatic carbocycles. The van der Waals surface area contributed by atoms with Crippen LogP contribution in [0.15, 0.2) is 16.7 Å². The smallest absolute Gasteiger partial charge is 0.270 e. The van der Waals surface area contributed by atoms with Crippen LogP contribution in [0.25, 0.3) is 0 Å².